The summed E-state index contributed by atoms with van der Waals surface area (Å²) in [7, 11) is 0. The fourth-order valence-corrected chi connectivity index (χ4v) is 3.81. The van der Waals surface area contributed by atoms with Crippen LogP contribution < -0.4 is 10.1 Å². The summed E-state index contributed by atoms with van der Waals surface area (Å²) in [5.41, 5.74) is 4.94. The highest BCUT2D eigenvalue weighted by molar-refractivity contribution is 6.18. The van der Waals surface area contributed by atoms with Crippen molar-refractivity contribution in [2.45, 2.75) is 19.4 Å². The summed E-state index contributed by atoms with van der Waals surface area (Å²) in [5.74, 6) is 1.92. The standard InChI is InChI=1S/C21H20ClNO/c1-14-6-5-9-17-19(24-13-15-7-3-2-4-8-15)10-18-21(20(14)17)16(11-22)12-23-18/h2-10,16,23H,11-13H2,1H3. The molecule has 0 saturated carbocycles. The number of hydrogen-bond acceptors (Lipinski definition) is 2. The number of hydrogen-bond donors (Lipinski definition) is 1. The third-order valence-corrected chi connectivity index (χ3v) is 5.12. The van der Waals surface area contributed by atoms with E-state index in [2.05, 4.69) is 48.6 Å². The maximum absolute atomic E-state index is 6.20. The summed E-state index contributed by atoms with van der Waals surface area (Å²) in [6, 6.07) is 18.8. The molecule has 0 aliphatic carbocycles. The summed E-state index contributed by atoms with van der Waals surface area (Å²) in [6.45, 7) is 3.62. The number of ether oxygens (including phenoxy) is 1. The van der Waals surface area contributed by atoms with E-state index in [4.69, 9.17) is 16.3 Å². The first-order chi connectivity index (χ1) is 11.8. The number of nitrogens with one attached hydrogen (secondary N) is 1. The van der Waals surface area contributed by atoms with Crippen molar-refractivity contribution < 1.29 is 4.74 Å². The molecule has 0 amide bonds. The Morgan fingerprint density at radius 3 is 2.75 bits per heavy atom. The first kappa shape index (κ1) is 15.3. The minimum Gasteiger partial charge on any atom is -0.488 e. The molecule has 1 N–H and O–H groups in total. The summed E-state index contributed by atoms with van der Waals surface area (Å²) >= 11 is 6.20. The largest absolute Gasteiger partial charge is 0.488 e. The van der Waals surface area contributed by atoms with Crippen LogP contribution in [0.5, 0.6) is 5.75 Å². The third-order valence-electron chi connectivity index (χ3n) is 4.74. The van der Waals surface area contributed by atoms with E-state index in [1.807, 2.05) is 18.2 Å². The Morgan fingerprint density at radius 1 is 1.12 bits per heavy atom. The van der Waals surface area contributed by atoms with Crippen molar-refractivity contribution in [2.24, 2.45) is 0 Å². The zero-order chi connectivity index (χ0) is 16.5. The van der Waals surface area contributed by atoms with Gasteiger partial charge in [-0.15, -0.1) is 11.6 Å². The lowest BCUT2D eigenvalue weighted by atomic mass is 9.92. The van der Waals surface area contributed by atoms with Crippen molar-refractivity contribution in [1.82, 2.24) is 0 Å². The Labute approximate surface area is 147 Å². The van der Waals surface area contributed by atoms with Crippen LogP contribution in [0.3, 0.4) is 0 Å². The van der Waals surface area contributed by atoms with Gasteiger partial charge in [0.15, 0.2) is 0 Å². The molecule has 2 nitrogen and oxygen atoms in total. The maximum Gasteiger partial charge on any atom is 0.129 e. The molecular formula is C21H20ClNO. The number of aryl methyl sites for hydroxylation is 1. The van der Waals surface area contributed by atoms with E-state index in [0.29, 0.717) is 18.4 Å². The van der Waals surface area contributed by atoms with Gasteiger partial charge in [-0.25, -0.2) is 0 Å². The molecule has 24 heavy (non-hydrogen) atoms. The Balaban J connectivity index is 1.80. The second kappa shape index (κ2) is 6.37. The van der Waals surface area contributed by atoms with Gasteiger partial charge in [0.2, 0.25) is 0 Å². The van der Waals surface area contributed by atoms with Crippen LogP contribution in [0.25, 0.3) is 10.8 Å². The molecule has 1 aliphatic heterocycles. The molecule has 3 aromatic carbocycles. The number of anilines is 1. The molecule has 1 heterocycles. The van der Waals surface area contributed by atoms with Gasteiger partial charge in [-0.2, -0.15) is 0 Å². The first-order valence-electron chi connectivity index (χ1n) is 8.30. The topological polar surface area (TPSA) is 21.3 Å². The SMILES string of the molecule is Cc1cccc2c(OCc3ccccc3)cc3c(c12)C(CCl)CN3. The molecule has 0 bridgehead atoms. The normalized spacial score (nSPS) is 16.0. The molecule has 0 fully saturated rings. The number of benzene rings is 3. The Kier molecular flexibility index (Phi) is 4.07. The lowest BCUT2D eigenvalue weighted by Gasteiger charge is -2.16. The molecule has 0 spiro atoms. The number of alkyl halides is 1. The first-order valence-corrected chi connectivity index (χ1v) is 8.84. The van der Waals surface area contributed by atoms with Crippen LogP contribution in [0.15, 0.2) is 54.6 Å². The van der Waals surface area contributed by atoms with Crippen molar-refractivity contribution >= 4 is 28.1 Å². The lowest BCUT2D eigenvalue weighted by molar-refractivity contribution is 0.310. The molecule has 3 aromatic rings. The van der Waals surface area contributed by atoms with Gasteiger partial charge >= 0.3 is 0 Å². The van der Waals surface area contributed by atoms with Gasteiger partial charge in [0.25, 0.3) is 0 Å². The van der Waals surface area contributed by atoms with Gasteiger partial charge in [0.1, 0.15) is 12.4 Å². The zero-order valence-corrected chi connectivity index (χ0v) is 14.4. The van der Waals surface area contributed by atoms with E-state index in [1.165, 1.54) is 27.5 Å². The summed E-state index contributed by atoms with van der Waals surface area (Å²) < 4.78 is 6.18. The predicted molar refractivity (Wildman–Crippen MR) is 101 cm³/mol. The van der Waals surface area contributed by atoms with Gasteiger partial charge in [-0.1, -0.05) is 48.5 Å². The van der Waals surface area contributed by atoms with Crippen molar-refractivity contribution in [3.63, 3.8) is 0 Å². The van der Waals surface area contributed by atoms with Gasteiger partial charge in [-0.05, 0) is 29.0 Å². The third kappa shape index (κ3) is 2.61. The van der Waals surface area contributed by atoms with Crippen molar-refractivity contribution in [3.8, 4) is 5.75 Å². The molecule has 4 rings (SSSR count). The monoisotopic (exact) mass is 337 g/mol. The second-order valence-electron chi connectivity index (χ2n) is 6.34. The molecule has 1 atom stereocenters. The van der Waals surface area contributed by atoms with Gasteiger partial charge in [-0.3, -0.25) is 0 Å². The Bertz CT molecular complexity index is 876. The molecule has 3 heteroatoms. The van der Waals surface area contributed by atoms with Crippen LogP contribution >= 0.6 is 11.6 Å². The van der Waals surface area contributed by atoms with Crippen molar-refractivity contribution in [1.29, 1.82) is 0 Å². The predicted octanol–water partition coefficient (Wildman–Crippen LogP) is 5.48. The molecule has 122 valence electrons. The number of rotatable bonds is 4. The van der Waals surface area contributed by atoms with Crippen LogP contribution in [0.2, 0.25) is 0 Å². The second-order valence-corrected chi connectivity index (χ2v) is 6.65. The van der Waals surface area contributed by atoms with E-state index in [1.54, 1.807) is 0 Å². The molecule has 0 radical (unpaired) electrons. The molecular weight excluding hydrogens is 318 g/mol. The van der Waals surface area contributed by atoms with Crippen molar-refractivity contribution in [2.75, 3.05) is 17.7 Å². The van der Waals surface area contributed by atoms with E-state index < -0.39 is 0 Å². The molecule has 1 aliphatic rings. The molecule has 1 unspecified atom stereocenters. The van der Waals surface area contributed by atoms with Crippen LogP contribution in [0, 0.1) is 6.92 Å². The van der Waals surface area contributed by atoms with Crippen LogP contribution in [0.1, 0.15) is 22.6 Å². The molecule has 0 aromatic heterocycles. The highest BCUT2D eigenvalue weighted by atomic mass is 35.5. The van der Waals surface area contributed by atoms with Crippen LogP contribution in [-0.4, -0.2) is 12.4 Å². The Hall–Kier alpha value is -2.19. The molecule has 0 saturated heterocycles. The van der Waals surface area contributed by atoms with E-state index in [9.17, 15) is 0 Å². The summed E-state index contributed by atoms with van der Waals surface area (Å²) in [4.78, 5) is 0. The summed E-state index contributed by atoms with van der Waals surface area (Å²) in [5, 5.41) is 5.95. The van der Waals surface area contributed by atoms with E-state index in [0.717, 1.165) is 18.0 Å². The minimum atomic E-state index is 0.355. The fourth-order valence-electron chi connectivity index (χ4n) is 3.54. The summed E-state index contributed by atoms with van der Waals surface area (Å²) in [6.07, 6.45) is 0. The Morgan fingerprint density at radius 2 is 1.96 bits per heavy atom. The minimum absolute atomic E-state index is 0.355. The fraction of sp³-hybridized carbons (Fsp3) is 0.238. The highest BCUT2D eigenvalue weighted by Gasteiger charge is 2.26. The van der Waals surface area contributed by atoms with E-state index >= 15 is 0 Å². The lowest BCUT2D eigenvalue weighted by Crippen LogP contribution is -2.03. The average Bonchev–Trinajstić information content (AvgIpc) is 3.03. The zero-order valence-electron chi connectivity index (χ0n) is 13.7. The average molecular weight is 338 g/mol. The highest BCUT2D eigenvalue weighted by Crippen LogP contribution is 2.43. The van der Waals surface area contributed by atoms with Crippen molar-refractivity contribution in [3.05, 3.63) is 71.3 Å². The smallest absolute Gasteiger partial charge is 0.129 e. The maximum atomic E-state index is 6.20. The van der Waals surface area contributed by atoms with Gasteiger partial charge in [0.05, 0.1) is 0 Å². The van der Waals surface area contributed by atoms with Gasteiger partial charge in [0, 0.05) is 35.5 Å². The number of halogens is 1. The van der Waals surface area contributed by atoms with Gasteiger partial charge < -0.3 is 10.1 Å². The van der Waals surface area contributed by atoms with E-state index in [-0.39, 0.29) is 0 Å². The number of fused-ring (bicyclic) bond motifs is 3. The quantitative estimate of drug-likeness (QED) is 0.637. The van der Waals surface area contributed by atoms with Crippen LogP contribution in [0.4, 0.5) is 5.69 Å². The van der Waals surface area contributed by atoms with Crippen LogP contribution in [-0.2, 0) is 6.61 Å².